The standard InChI is InChI=1S/C4H2F8O3.C4H9FO2.C3H7FO2.4CH4/c5-1-13-4(10,11)14-2(6,7)3(8,9)15-12;5-1-3-7-4-2-6;4-3-6-2-1-5;;;;/h1H2;6H,1-4H2;5H,1-3H2;4*1H4. The highest BCUT2D eigenvalue weighted by atomic mass is 19.4. The highest BCUT2D eigenvalue weighted by Crippen LogP contribution is 2.40. The van der Waals surface area contributed by atoms with Crippen molar-refractivity contribution >= 4 is 0 Å². The van der Waals surface area contributed by atoms with E-state index in [-0.39, 0.29) is 62.7 Å². The summed E-state index contributed by atoms with van der Waals surface area (Å²) in [5.41, 5.74) is 0. The Kier molecular flexibility index (Phi) is 42.5. The molecule has 0 aliphatic rings. The van der Waals surface area contributed by atoms with Crippen molar-refractivity contribution < 1.29 is 78.1 Å². The Balaban J connectivity index is -0.0000000628. The summed E-state index contributed by atoms with van der Waals surface area (Å²) in [6, 6.07) is 0. The SMILES string of the molecule is C.C.C.C.FCOC(F)(F)OC(F)(F)C(F)(F)OF.OCCOCCF.OCCOCF. The summed E-state index contributed by atoms with van der Waals surface area (Å²) in [5.74, 6) is 0. The van der Waals surface area contributed by atoms with E-state index in [1.165, 1.54) is 4.94 Å². The smallest absolute Gasteiger partial charge is 0.394 e. The van der Waals surface area contributed by atoms with Gasteiger partial charge in [0.2, 0.25) is 0 Å². The van der Waals surface area contributed by atoms with Crippen LogP contribution < -0.4 is 0 Å². The zero-order chi connectivity index (χ0) is 22.7. The lowest BCUT2D eigenvalue weighted by Crippen LogP contribution is -2.48. The number of hydrogen-bond acceptors (Lipinski definition) is 7. The van der Waals surface area contributed by atoms with Crippen molar-refractivity contribution in [3.05, 3.63) is 0 Å². The molecule has 17 heteroatoms. The largest absolute Gasteiger partial charge is 0.492 e. The second-order valence-electron chi connectivity index (χ2n) is 3.70. The monoisotopic (exact) mass is 516 g/mol. The fraction of sp³-hybridized carbons (Fsp3) is 1.00. The van der Waals surface area contributed by atoms with Gasteiger partial charge in [0.25, 0.3) is 0 Å². The number of halogens is 10. The van der Waals surface area contributed by atoms with Crippen molar-refractivity contribution in [1.82, 2.24) is 0 Å². The summed E-state index contributed by atoms with van der Waals surface area (Å²) in [6.07, 6.45) is -17.4. The van der Waals surface area contributed by atoms with Gasteiger partial charge in [0.15, 0.2) is 13.7 Å². The molecule has 0 radical (unpaired) electrons. The number of rotatable bonds is 13. The van der Waals surface area contributed by atoms with Gasteiger partial charge in [-0.3, -0.25) is 4.74 Å². The topological polar surface area (TPSA) is 86.6 Å². The third-order valence-electron chi connectivity index (χ3n) is 1.68. The molecule has 32 heavy (non-hydrogen) atoms. The zero-order valence-corrected chi connectivity index (χ0v) is 13.9. The van der Waals surface area contributed by atoms with Crippen LogP contribution in [0.1, 0.15) is 29.7 Å². The Morgan fingerprint density at radius 1 is 0.625 bits per heavy atom. The Labute approximate surface area is 181 Å². The average molecular weight is 516 g/mol. The molecule has 0 aromatic carbocycles. The number of hydrogen-bond donors (Lipinski definition) is 2. The van der Waals surface area contributed by atoms with Gasteiger partial charge >= 0.3 is 18.5 Å². The molecule has 0 heterocycles. The molecule has 0 aliphatic heterocycles. The van der Waals surface area contributed by atoms with E-state index in [9.17, 15) is 44.0 Å². The molecule has 2 N–H and O–H groups in total. The van der Waals surface area contributed by atoms with Crippen LogP contribution in [0.2, 0.25) is 0 Å². The van der Waals surface area contributed by atoms with Crippen LogP contribution in [0.5, 0.6) is 0 Å². The molecule has 0 aliphatic carbocycles. The number of aliphatic hydroxyl groups excluding tert-OH is 2. The first kappa shape index (κ1) is 48.5. The molecule has 0 saturated carbocycles. The van der Waals surface area contributed by atoms with E-state index in [0.29, 0.717) is 0 Å². The predicted octanol–water partition coefficient (Wildman–Crippen LogP) is 5.02. The molecule has 0 amide bonds. The number of aliphatic hydroxyl groups is 2. The summed E-state index contributed by atoms with van der Waals surface area (Å²) in [7, 11) is 0. The summed E-state index contributed by atoms with van der Waals surface area (Å²) in [5, 5.41) is 16.0. The predicted molar refractivity (Wildman–Crippen MR) is 95.0 cm³/mol. The van der Waals surface area contributed by atoms with Crippen molar-refractivity contribution in [1.29, 1.82) is 0 Å². The van der Waals surface area contributed by atoms with Crippen LogP contribution in [0.3, 0.4) is 0 Å². The van der Waals surface area contributed by atoms with E-state index in [2.05, 4.69) is 18.9 Å². The maximum absolute atomic E-state index is 12.0. The van der Waals surface area contributed by atoms with Gasteiger partial charge in [0, 0.05) is 0 Å². The highest BCUT2D eigenvalue weighted by molar-refractivity contribution is 4.65. The number of ether oxygens (including phenoxy) is 4. The molecular weight excluding hydrogens is 482 g/mol. The van der Waals surface area contributed by atoms with Crippen LogP contribution >= 0.6 is 0 Å². The van der Waals surface area contributed by atoms with Crippen LogP contribution in [-0.4, -0.2) is 82.2 Å². The Morgan fingerprint density at radius 3 is 1.34 bits per heavy atom. The summed E-state index contributed by atoms with van der Waals surface area (Å²) in [6.45, 7) is -3.27. The fourth-order valence-electron chi connectivity index (χ4n) is 0.687. The summed E-state index contributed by atoms with van der Waals surface area (Å²) in [4.78, 5) is 1.44. The van der Waals surface area contributed by atoms with Crippen LogP contribution in [0.15, 0.2) is 0 Å². The summed E-state index contributed by atoms with van der Waals surface area (Å²) < 4.78 is 128. The van der Waals surface area contributed by atoms with E-state index < -0.39 is 38.9 Å². The average Bonchev–Trinajstić information content (AvgIpc) is 2.60. The molecule has 0 fully saturated rings. The summed E-state index contributed by atoms with van der Waals surface area (Å²) >= 11 is 0. The first-order chi connectivity index (χ1) is 12.9. The molecular formula is C15H34F10O7. The van der Waals surface area contributed by atoms with Crippen LogP contribution in [0.4, 0.5) is 44.0 Å². The quantitative estimate of drug-likeness (QED) is 0.202. The van der Waals surface area contributed by atoms with Gasteiger partial charge in [-0.2, -0.15) is 17.6 Å². The van der Waals surface area contributed by atoms with Gasteiger partial charge in [0.1, 0.15) is 6.67 Å². The third kappa shape index (κ3) is 29.0. The van der Waals surface area contributed by atoms with E-state index >= 15 is 0 Å². The molecule has 0 atom stereocenters. The van der Waals surface area contributed by atoms with Crippen molar-refractivity contribution in [3.63, 3.8) is 0 Å². The van der Waals surface area contributed by atoms with Gasteiger partial charge in [-0.1, -0.05) is 29.7 Å². The highest BCUT2D eigenvalue weighted by Gasteiger charge is 2.66. The van der Waals surface area contributed by atoms with Crippen LogP contribution in [0, 0.1) is 0 Å². The van der Waals surface area contributed by atoms with Gasteiger partial charge in [-0.25, -0.2) is 17.9 Å². The molecule has 0 aromatic rings. The van der Waals surface area contributed by atoms with Crippen LogP contribution in [0.25, 0.3) is 0 Å². The molecule has 0 aromatic heterocycles. The minimum Gasteiger partial charge on any atom is -0.394 e. The van der Waals surface area contributed by atoms with Crippen LogP contribution in [-0.2, 0) is 23.9 Å². The molecule has 0 spiro atoms. The molecule has 206 valence electrons. The lowest BCUT2D eigenvalue weighted by Gasteiger charge is -2.25. The molecule has 7 nitrogen and oxygen atoms in total. The minimum atomic E-state index is -6.04. The first-order valence-corrected chi connectivity index (χ1v) is 6.73. The normalized spacial score (nSPS) is 10.5. The first-order valence-electron chi connectivity index (χ1n) is 6.73. The Bertz CT molecular complexity index is 336. The van der Waals surface area contributed by atoms with Gasteiger partial charge in [0.05, 0.1) is 33.0 Å². The van der Waals surface area contributed by atoms with Gasteiger partial charge in [-0.15, -0.1) is 13.7 Å². The zero-order valence-electron chi connectivity index (χ0n) is 13.9. The molecule has 0 saturated heterocycles. The van der Waals surface area contributed by atoms with Gasteiger partial charge < -0.3 is 19.7 Å². The fourth-order valence-corrected chi connectivity index (χ4v) is 0.687. The number of alkyl halides is 9. The third-order valence-corrected chi connectivity index (χ3v) is 1.68. The van der Waals surface area contributed by atoms with E-state index in [1.807, 2.05) is 0 Å². The lowest BCUT2D eigenvalue weighted by atomic mass is 10.6. The maximum atomic E-state index is 12.0. The maximum Gasteiger partial charge on any atom is 0.492 e. The van der Waals surface area contributed by atoms with E-state index in [1.54, 1.807) is 0 Å². The Hall–Kier alpha value is -0.980. The lowest BCUT2D eigenvalue weighted by molar-refractivity contribution is -0.548. The van der Waals surface area contributed by atoms with E-state index in [4.69, 9.17) is 10.2 Å². The van der Waals surface area contributed by atoms with Gasteiger partial charge in [-0.05, 0) is 4.53 Å². The molecule has 0 bridgehead atoms. The van der Waals surface area contributed by atoms with Crippen molar-refractivity contribution in [2.24, 2.45) is 0 Å². The Morgan fingerprint density at radius 2 is 1.06 bits per heavy atom. The van der Waals surface area contributed by atoms with Crippen molar-refractivity contribution in [2.75, 3.05) is 53.4 Å². The molecule has 0 rings (SSSR count). The molecule has 0 unspecified atom stereocenters. The minimum absolute atomic E-state index is 0. The second kappa shape index (κ2) is 28.1. The second-order valence-corrected chi connectivity index (χ2v) is 3.70. The van der Waals surface area contributed by atoms with Crippen molar-refractivity contribution in [3.8, 4) is 0 Å². The van der Waals surface area contributed by atoms with E-state index in [0.717, 1.165) is 0 Å². The van der Waals surface area contributed by atoms with Crippen molar-refractivity contribution in [2.45, 2.75) is 48.2 Å².